The molecule has 3 N–H and O–H groups in total. The van der Waals surface area contributed by atoms with Crippen molar-refractivity contribution in [2.45, 2.75) is 32.9 Å². The summed E-state index contributed by atoms with van der Waals surface area (Å²) in [5.74, 6) is 1.61. The number of pyridine rings is 1. The molecule has 34 heavy (non-hydrogen) atoms. The lowest BCUT2D eigenvalue weighted by atomic mass is 10.1. The van der Waals surface area contributed by atoms with Gasteiger partial charge in [-0.25, -0.2) is 14.8 Å². The fraction of sp³-hybridized carbons (Fsp3) is 0.333. The molecule has 0 amide bonds. The predicted molar refractivity (Wildman–Crippen MR) is 133 cm³/mol. The molecule has 0 spiro atoms. The number of nitrogens with one attached hydrogen (secondary N) is 3. The van der Waals surface area contributed by atoms with E-state index >= 15 is 0 Å². The number of aryl methyl sites for hydroxylation is 1. The van der Waals surface area contributed by atoms with Crippen molar-refractivity contribution < 1.29 is 4.42 Å². The second kappa shape index (κ2) is 8.79. The number of aromatic amines is 1. The van der Waals surface area contributed by atoms with Crippen molar-refractivity contribution in [1.29, 1.82) is 0 Å². The van der Waals surface area contributed by atoms with Crippen LogP contribution < -0.4 is 21.3 Å². The van der Waals surface area contributed by atoms with Crippen LogP contribution in [0.3, 0.4) is 0 Å². The first kappa shape index (κ1) is 21.9. The maximum Gasteiger partial charge on any atom is 0.417 e. The van der Waals surface area contributed by atoms with E-state index in [-0.39, 0.29) is 0 Å². The van der Waals surface area contributed by atoms with Gasteiger partial charge in [0.1, 0.15) is 11.6 Å². The molecular weight excluding hydrogens is 432 g/mol. The third-order valence-corrected chi connectivity index (χ3v) is 6.25. The molecule has 1 saturated heterocycles. The second-order valence-corrected chi connectivity index (χ2v) is 8.90. The second-order valence-electron chi connectivity index (χ2n) is 8.90. The summed E-state index contributed by atoms with van der Waals surface area (Å²) in [5, 5.41) is 6.52. The predicted octanol–water partition coefficient (Wildman–Crippen LogP) is 3.63. The smallest absolute Gasteiger partial charge is 0.408 e. The number of hydrogen-bond acceptors (Lipinski definition) is 9. The van der Waals surface area contributed by atoms with Crippen molar-refractivity contribution in [3.8, 4) is 0 Å². The molecule has 0 unspecified atom stereocenters. The van der Waals surface area contributed by atoms with E-state index in [1.54, 1.807) is 18.3 Å². The van der Waals surface area contributed by atoms with Crippen molar-refractivity contribution in [3.63, 3.8) is 0 Å². The Bertz CT molecular complexity index is 1360. The summed E-state index contributed by atoms with van der Waals surface area (Å²) in [6.07, 6.45) is 3.57. The summed E-state index contributed by atoms with van der Waals surface area (Å²) in [6.45, 7) is 8.36. The monoisotopic (exact) mass is 460 g/mol. The lowest BCUT2D eigenvalue weighted by molar-refractivity contribution is 0.205. The third-order valence-electron chi connectivity index (χ3n) is 6.25. The fourth-order valence-electron chi connectivity index (χ4n) is 4.17. The summed E-state index contributed by atoms with van der Waals surface area (Å²) in [6, 6.07) is 10.3. The molecule has 1 aliphatic rings. The number of H-pyrrole nitrogens is 1. The number of nitrogens with zero attached hydrogens (tertiary/aromatic N) is 5. The van der Waals surface area contributed by atoms with E-state index in [0.29, 0.717) is 34.9 Å². The molecule has 176 valence electrons. The number of hydrogen-bond donors (Lipinski definition) is 3. The zero-order valence-electron chi connectivity index (χ0n) is 19.7. The van der Waals surface area contributed by atoms with Gasteiger partial charge in [0.2, 0.25) is 5.95 Å². The highest BCUT2D eigenvalue weighted by Crippen LogP contribution is 2.25. The number of oxazole rings is 1. The number of rotatable bonds is 5. The number of benzene rings is 1. The van der Waals surface area contributed by atoms with Crippen LogP contribution in [0.15, 0.2) is 51.9 Å². The van der Waals surface area contributed by atoms with Crippen LogP contribution in [0.25, 0.3) is 11.1 Å². The highest BCUT2D eigenvalue weighted by molar-refractivity contribution is 5.78. The van der Waals surface area contributed by atoms with E-state index in [2.05, 4.69) is 61.3 Å². The number of piperazine rings is 1. The fourth-order valence-corrected chi connectivity index (χ4v) is 4.17. The Morgan fingerprint density at radius 1 is 1.03 bits per heavy atom. The van der Waals surface area contributed by atoms with E-state index in [9.17, 15) is 4.79 Å². The minimum Gasteiger partial charge on any atom is -0.408 e. The molecule has 4 heterocycles. The van der Waals surface area contributed by atoms with Gasteiger partial charge in [0.05, 0.1) is 17.4 Å². The average molecular weight is 461 g/mol. The van der Waals surface area contributed by atoms with E-state index in [4.69, 9.17) is 4.42 Å². The molecule has 10 heteroatoms. The van der Waals surface area contributed by atoms with Gasteiger partial charge in [0.25, 0.3) is 0 Å². The summed E-state index contributed by atoms with van der Waals surface area (Å²) >= 11 is 0. The first-order valence-electron chi connectivity index (χ1n) is 11.3. The molecule has 0 bridgehead atoms. The molecule has 2 atom stereocenters. The Morgan fingerprint density at radius 3 is 2.65 bits per heavy atom. The molecule has 0 radical (unpaired) electrons. The molecule has 4 aromatic rings. The molecule has 3 aromatic heterocycles. The van der Waals surface area contributed by atoms with Crippen LogP contribution in [0, 0.1) is 6.92 Å². The normalized spacial score (nSPS) is 18.9. The van der Waals surface area contributed by atoms with Gasteiger partial charge in [-0.1, -0.05) is 0 Å². The van der Waals surface area contributed by atoms with Gasteiger partial charge in [-0.2, -0.15) is 4.98 Å². The van der Waals surface area contributed by atoms with Crippen molar-refractivity contribution in [2.75, 3.05) is 35.7 Å². The summed E-state index contributed by atoms with van der Waals surface area (Å²) < 4.78 is 5.06. The van der Waals surface area contributed by atoms with Crippen LogP contribution in [0.1, 0.15) is 19.4 Å². The first-order valence-corrected chi connectivity index (χ1v) is 11.3. The quantitative estimate of drug-likeness (QED) is 0.411. The molecule has 1 fully saturated rings. The molecule has 1 aliphatic heterocycles. The number of fused-ring (bicyclic) bond motifs is 1. The van der Waals surface area contributed by atoms with Crippen LogP contribution >= 0.6 is 0 Å². The first-order chi connectivity index (χ1) is 16.4. The SMILES string of the molecule is Cc1cnc(Nc2ccc(N3C[C@@H](C)N(C)C[C@@H]3C)nc2)nc1Nc1ccc2oc(=O)[nH]c2c1. The van der Waals surface area contributed by atoms with E-state index in [1.165, 1.54) is 0 Å². The van der Waals surface area contributed by atoms with Crippen LogP contribution in [-0.2, 0) is 0 Å². The Hall–Kier alpha value is -3.92. The molecule has 5 rings (SSSR count). The van der Waals surface area contributed by atoms with Crippen molar-refractivity contribution in [3.05, 3.63) is 58.8 Å². The lowest BCUT2D eigenvalue weighted by Gasteiger charge is -2.43. The van der Waals surface area contributed by atoms with Crippen molar-refractivity contribution >= 4 is 40.1 Å². The van der Waals surface area contributed by atoms with Crippen LogP contribution in [0.5, 0.6) is 0 Å². The number of likely N-dealkylation sites (N-methyl/N-ethyl adjacent to an activating group) is 1. The van der Waals surface area contributed by atoms with Gasteiger partial charge in [0, 0.05) is 42.6 Å². The van der Waals surface area contributed by atoms with Gasteiger partial charge >= 0.3 is 5.76 Å². The summed E-state index contributed by atoms with van der Waals surface area (Å²) in [5.41, 5.74) is 3.60. The Kier molecular flexibility index (Phi) is 5.66. The lowest BCUT2D eigenvalue weighted by Crippen LogP contribution is -2.55. The Balaban J connectivity index is 1.31. The van der Waals surface area contributed by atoms with Crippen molar-refractivity contribution in [1.82, 2.24) is 24.8 Å². The zero-order chi connectivity index (χ0) is 23.8. The standard InChI is InChI=1S/C24H28N8O2/c1-14-10-26-23(30-22(14)27-17-5-7-20-19(9-17)29-24(33)34-20)28-18-6-8-21(25-11-18)32-13-15(2)31(4)12-16(32)3/h5-11,15-16H,12-13H2,1-4H3,(H,29,33)(H2,26,27,28,30)/t15-,16+/m1/s1. The van der Waals surface area contributed by atoms with Gasteiger partial charge < -0.3 is 20.0 Å². The third kappa shape index (κ3) is 4.44. The van der Waals surface area contributed by atoms with Gasteiger partial charge in [-0.3, -0.25) is 9.88 Å². The summed E-state index contributed by atoms with van der Waals surface area (Å²) in [4.78, 5) is 32.5. The zero-order valence-corrected chi connectivity index (χ0v) is 19.7. The van der Waals surface area contributed by atoms with E-state index in [1.807, 2.05) is 31.3 Å². The largest absolute Gasteiger partial charge is 0.417 e. The Morgan fingerprint density at radius 2 is 1.85 bits per heavy atom. The molecule has 10 nitrogen and oxygen atoms in total. The van der Waals surface area contributed by atoms with E-state index in [0.717, 1.165) is 35.8 Å². The van der Waals surface area contributed by atoms with Crippen LogP contribution in [0.2, 0.25) is 0 Å². The van der Waals surface area contributed by atoms with Gasteiger partial charge in [-0.05, 0) is 58.2 Å². The highest BCUT2D eigenvalue weighted by atomic mass is 16.4. The maximum atomic E-state index is 11.4. The highest BCUT2D eigenvalue weighted by Gasteiger charge is 2.27. The van der Waals surface area contributed by atoms with E-state index < -0.39 is 5.76 Å². The molecule has 0 aliphatic carbocycles. The van der Waals surface area contributed by atoms with Crippen LogP contribution in [0.4, 0.5) is 29.0 Å². The molecular formula is C24H28N8O2. The van der Waals surface area contributed by atoms with Gasteiger partial charge in [-0.15, -0.1) is 0 Å². The maximum absolute atomic E-state index is 11.4. The van der Waals surface area contributed by atoms with Crippen LogP contribution in [-0.4, -0.2) is 57.1 Å². The topological polar surface area (TPSA) is 115 Å². The molecule has 0 saturated carbocycles. The minimum absolute atomic E-state index is 0.403. The summed E-state index contributed by atoms with van der Waals surface area (Å²) in [7, 11) is 2.17. The Labute approximate surface area is 197 Å². The number of anilines is 5. The minimum atomic E-state index is -0.479. The number of aromatic nitrogens is 4. The van der Waals surface area contributed by atoms with Gasteiger partial charge in [0.15, 0.2) is 5.58 Å². The molecule has 1 aromatic carbocycles. The van der Waals surface area contributed by atoms with Crippen molar-refractivity contribution in [2.24, 2.45) is 0 Å². The average Bonchev–Trinajstić information content (AvgIpc) is 3.18.